The number of alkyl halides is 2. The number of carbonyl (C=O) groups excluding carboxylic acids is 4. The third-order valence-corrected chi connectivity index (χ3v) is 8.07. The molecule has 0 bridgehead atoms. The van der Waals surface area contributed by atoms with Crippen LogP contribution in [0.4, 0.5) is 25.2 Å². The molecule has 214 valence electrons. The summed E-state index contributed by atoms with van der Waals surface area (Å²) in [5.41, 5.74) is 1.07. The molecule has 4 aliphatic rings. The number of aliphatic imine (C=N–C) groups is 1. The maximum Gasteiger partial charge on any atom is 0.328 e. The van der Waals surface area contributed by atoms with Crippen molar-refractivity contribution < 1.29 is 28.0 Å². The summed E-state index contributed by atoms with van der Waals surface area (Å²) in [7, 11) is 1.49. The van der Waals surface area contributed by atoms with Gasteiger partial charge in [-0.2, -0.15) is 0 Å². The number of rotatable bonds is 7. The molecule has 2 aromatic rings. The minimum Gasteiger partial charge on any atom is -0.356 e. The van der Waals surface area contributed by atoms with Crippen LogP contribution in [0.3, 0.4) is 0 Å². The van der Waals surface area contributed by atoms with Gasteiger partial charge in [0.1, 0.15) is 17.6 Å². The molecule has 5 atom stereocenters. The lowest BCUT2D eigenvalue weighted by Crippen LogP contribution is -2.66. The number of ketones is 1. The molecule has 2 aromatic heterocycles. The van der Waals surface area contributed by atoms with E-state index in [1.54, 1.807) is 25.3 Å². The van der Waals surface area contributed by atoms with E-state index in [2.05, 4.69) is 25.3 Å². The highest BCUT2D eigenvalue weighted by Gasteiger charge is 2.71. The van der Waals surface area contributed by atoms with Crippen LogP contribution in [0.1, 0.15) is 13.8 Å². The molecule has 15 heteroatoms. The largest absolute Gasteiger partial charge is 0.356 e. The minimum absolute atomic E-state index is 0.165. The van der Waals surface area contributed by atoms with Gasteiger partial charge in [0.25, 0.3) is 11.8 Å². The lowest BCUT2D eigenvalue weighted by Gasteiger charge is -2.41. The molecule has 1 saturated carbocycles. The Bertz CT molecular complexity index is 1460. The quantitative estimate of drug-likeness (QED) is 0.520. The molecule has 3 aliphatic heterocycles. The van der Waals surface area contributed by atoms with Crippen molar-refractivity contribution in [1.29, 1.82) is 0 Å². The highest BCUT2D eigenvalue weighted by molar-refractivity contribution is 6.05. The number of Topliss-reactive ketones (excluding diaryl/α,β-unsaturated/α-hetero) is 1. The van der Waals surface area contributed by atoms with E-state index in [4.69, 9.17) is 0 Å². The third kappa shape index (κ3) is 4.44. The number of fused-ring (bicyclic) bond motifs is 2. The average Bonchev–Trinajstić information content (AvgIpc) is 3.38. The Morgan fingerprint density at radius 1 is 1.15 bits per heavy atom. The molecule has 2 saturated heterocycles. The molecule has 5 heterocycles. The first-order valence-electron chi connectivity index (χ1n) is 13.1. The fraction of sp³-hybridized carbons (Fsp3) is 0.462. The summed E-state index contributed by atoms with van der Waals surface area (Å²) in [6.07, 6.45) is 5.00. The fourth-order valence-corrected chi connectivity index (χ4v) is 5.64. The van der Waals surface area contributed by atoms with E-state index >= 15 is 0 Å². The second-order valence-electron chi connectivity index (χ2n) is 10.7. The predicted molar refractivity (Wildman–Crippen MR) is 141 cm³/mol. The maximum atomic E-state index is 13.5. The highest BCUT2D eigenvalue weighted by Crippen LogP contribution is 2.59. The van der Waals surface area contributed by atoms with E-state index in [1.165, 1.54) is 42.5 Å². The van der Waals surface area contributed by atoms with Crippen LogP contribution in [0, 0.1) is 11.8 Å². The number of hydrogen-bond donors (Lipinski definition) is 1. The van der Waals surface area contributed by atoms with Crippen molar-refractivity contribution in [3.8, 4) is 11.3 Å². The lowest BCUT2D eigenvalue weighted by atomic mass is 10.1. The molecule has 0 radical (unpaired) electrons. The number of halogens is 2. The van der Waals surface area contributed by atoms with Crippen LogP contribution in [-0.2, 0) is 14.4 Å². The number of carbonyl (C=O) groups is 4. The average molecular weight is 568 g/mol. The molecule has 0 spiro atoms. The predicted octanol–water partition coefficient (Wildman–Crippen LogP) is 1.09. The van der Waals surface area contributed by atoms with Crippen LogP contribution in [0.25, 0.3) is 11.3 Å². The van der Waals surface area contributed by atoms with E-state index in [0.717, 1.165) is 4.90 Å². The Balaban J connectivity index is 1.12. The highest BCUT2D eigenvalue weighted by atomic mass is 19.3. The van der Waals surface area contributed by atoms with Crippen LogP contribution in [0.5, 0.6) is 0 Å². The number of piperidine rings is 1. The van der Waals surface area contributed by atoms with Crippen molar-refractivity contribution in [3.63, 3.8) is 0 Å². The molecule has 41 heavy (non-hydrogen) atoms. The van der Waals surface area contributed by atoms with Crippen LogP contribution in [0.15, 0.2) is 35.7 Å². The van der Waals surface area contributed by atoms with Gasteiger partial charge in [0.2, 0.25) is 5.91 Å². The Morgan fingerprint density at radius 2 is 1.88 bits per heavy atom. The zero-order valence-electron chi connectivity index (χ0n) is 22.4. The molecular formula is C26H27F2N9O4. The van der Waals surface area contributed by atoms with Gasteiger partial charge in [-0.25, -0.2) is 28.5 Å². The summed E-state index contributed by atoms with van der Waals surface area (Å²) in [6.45, 7) is 3.05. The fourth-order valence-electron chi connectivity index (χ4n) is 5.64. The van der Waals surface area contributed by atoms with Crippen molar-refractivity contribution >= 4 is 41.6 Å². The summed E-state index contributed by atoms with van der Waals surface area (Å²) in [4.78, 5) is 73.3. The zero-order chi connectivity index (χ0) is 29.2. The van der Waals surface area contributed by atoms with Crippen molar-refractivity contribution in [3.05, 3.63) is 30.7 Å². The normalized spacial score (nSPS) is 26.7. The van der Waals surface area contributed by atoms with Crippen molar-refractivity contribution in [1.82, 2.24) is 29.7 Å². The Hall–Kier alpha value is -4.56. The molecule has 4 amide bonds. The lowest BCUT2D eigenvalue weighted by molar-refractivity contribution is -0.141. The number of urea groups is 1. The molecule has 6 rings (SSSR count). The van der Waals surface area contributed by atoms with Crippen LogP contribution in [0.2, 0.25) is 0 Å². The zero-order valence-corrected chi connectivity index (χ0v) is 22.4. The van der Waals surface area contributed by atoms with Gasteiger partial charge in [0.15, 0.2) is 18.0 Å². The molecule has 1 aliphatic carbocycles. The number of likely N-dealkylation sites (N-methyl/N-ethyl adjacent to an activating group) is 1. The van der Waals surface area contributed by atoms with E-state index in [0.29, 0.717) is 17.1 Å². The summed E-state index contributed by atoms with van der Waals surface area (Å²) in [5.74, 6) is -4.44. The number of imide groups is 1. The summed E-state index contributed by atoms with van der Waals surface area (Å²) in [5, 5.41) is 2.70. The van der Waals surface area contributed by atoms with Crippen molar-refractivity contribution in [2.45, 2.75) is 38.0 Å². The summed E-state index contributed by atoms with van der Waals surface area (Å²) in [6, 6.07) is 1.03. The first-order valence-corrected chi connectivity index (χ1v) is 13.1. The van der Waals surface area contributed by atoms with Gasteiger partial charge in [-0.15, -0.1) is 0 Å². The van der Waals surface area contributed by atoms with E-state index in [1.807, 2.05) is 4.90 Å². The summed E-state index contributed by atoms with van der Waals surface area (Å²) < 4.78 is 27.0. The van der Waals surface area contributed by atoms with Crippen LogP contribution >= 0.6 is 0 Å². The van der Waals surface area contributed by atoms with E-state index in [9.17, 15) is 28.0 Å². The first kappa shape index (κ1) is 26.7. The molecule has 4 unspecified atom stereocenters. The van der Waals surface area contributed by atoms with Crippen LogP contribution < -0.4 is 10.2 Å². The molecule has 13 nitrogen and oxygen atoms in total. The Morgan fingerprint density at radius 3 is 2.54 bits per heavy atom. The third-order valence-electron chi connectivity index (χ3n) is 8.07. The molecule has 0 aromatic carbocycles. The number of nitrogens with one attached hydrogen (secondary N) is 1. The Labute approximate surface area is 233 Å². The van der Waals surface area contributed by atoms with E-state index < -0.39 is 53.9 Å². The maximum absolute atomic E-state index is 13.5. The van der Waals surface area contributed by atoms with E-state index in [-0.39, 0.29) is 31.2 Å². The molecule has 1 N–H and O–H groups in total. The number of hydrogen-bond acceptors (Lipinski definition) is 10. The minimum atomic E-state index is -2.56. The van der Waals surface area contributed by atoms with Gasteiger partial charge in [-0.3, -0.25) is 24.3 Å². The SMILES string of the molecule is CC(=O)CN1C(=O)C2C(N=CN2[C@@H](C)C(=O)Nc2cncc(-c3ccc(N4CC5C(C4)C5(F)F)nc3)n2)N(C)C1=O. The van der Waals surface area contributed by atoms with Gasteiger partial charge in [0, 0.05) is 31.9 Å². The smallest absolute Gasteiger partial charge is 0.328 e. The number of aromatic nitrogens is 3. The number of pyridine rings is 1. The Kier molecular flexibility index (Phi) is 6.19. The van der Waals surface area contributed by atoms with Gasteiger partial charge in [0.05, 0.1) is 42.8 Å². The van der Waals surface area contributed by atoms with Gasteiger partial charge in [-0.05, 0) is 26.0 Å². The van der Waals surface area contributed by atoms with Crippen molar-refractivity contribution in [2.24, 2.45) is 16.8 Å². The standard InChI is InChI=1S/C26H27F2N9O4/c1-13(38)9-36-24(40)21-22(34(3)25(36)41)31-12-37(21)14(2)23(39)33-19-8-29-7-18(32-19)15-4-5-20(30-6-15)35-10-16-17(11-35)26(16,27)28/h4-8,12,14,16-17,21-22H,9-11H2,1-3H3,(H,32,33,39)/t14-,16?,17?,21?,22?/m0/s1. The first-order chi connectivity index (χ1) is 19.5. The number of nitrogens with zero attached hydrogens (tertiary/aromatic N) is 8. The second kappa shape index (κ2) is 9.52. The molecular weight excluding hydrogens is 540 g/mol. The number of anilines is 2. The van der Waals surface area contributed by atoms with Crippen molar-refractivity contribution in [2.75, 3.05) is 36.9 Å². The van der Waals surface area contributed by atoms with Gasteiger partial charge < -0.3 is 20.0 Å². The van der Waals surface area contributed by atoms with Gasteiger partial charge >= 0.3 is 6.03 Å². The molecule has 3 fully saturated rings. The van der Waals surface area contributed by atoms with Crippen LogP contribution in [-0.4, -0.2) is 110 Å². The topological polar surface area (TPSA) is 144 Å². The van der Waals surface area contributed by atoms with Gasteiger partial charge in [-0.1, -0.05) is 0 Å². The summed E-state index contributed by atoms with van der Waals surface area (Å²) >= 11 is 0. The monoisotopic (exact) mass is 567 g/mol. The second-order valence-corrected chi connectivity index (χ2v) is 10.7. The number of amides is 4.